The molecule has 0 atom stereocenters. The molecule has 1 aromatic carbocycles. The highest BCUT2D eigenvalue weighted by molar-refractivity contribution is 5.80. The Labute approximate surface area is 96.2 Å². The molecule has 0 aliphatic heterocycles. The first kappa shape index (κ1) is 9.59. The van der Waals surface area contributed by atoms with Crippen LogP contribution in [-0.4, -0.2) is 4.98 Å². The minimum Gasteiger partial charge on any atom is -0.264 e. The average Bonchev–Trinajstić information content (AvgIpc) is 2.65. The molecule has 0 saturated heterocycles. The lowest BCUT2D eigenvalue weighted by atomic mass is 9.94. The van der Waals surface area contributed by atoms with E-state index in [-0.39, 0.29) is 0 Å². The topological polar surface area (TPSA) is 12.9 Å². The number of hydrogen-bond donors (Lipinski definition) is 0. The minimum atomic E-state index is 1.05. The molecule has 0 bridgehead atoms. The Balaban J connectivity index is 2.37. The van der Waals surface area contributed by atoms with Crippen molar-refractivity contribution in [1.82, 2.24) is 4.98 Å². The van der Waals surface area contributed by atoms with Gasteiger partial charge < -0.3 is 0 Å². The molecule has 1 aromatic heterocycles. The van der Waals surface area contributed by atoms with E-state index >= 15 is 0 Å². The first-order valence-electron chi connectivity index (χ1n) is 5.71. The Morgan fingerprint density at radius 1 is 1.12 bits per heavy atom. The molecule has 16 heavy (non-hydrogen) atoms. The van der Waals surface area contributed by atoms with E-state index in [0.29, 0.717) is 0 Å². The van der Waals surface area contributed by atoms with Gasteiger partial charge in [-0.2, -0.15) is 0 Å². The van der Waals surface area contributed by atoms with Gasteiger partial charge >= 0.3 is 0 Å². The summed E-state index contributed by atoms with van der Waals surface area (Å²) in [5.41, 5.74) is 9.93. The summed E-state index contributed by atoms with van der Waals surface area (Å²) in [6.45, 7) is 6.64. The van der Waals surface area contributed by atoms with Gasteiger partial charge in [0.05, 0.1) is 0 Å². The third kappa shape index (κ3) is 1.15. The van der Waals surface area contributed by atoms with Crippen LogP contribution in [0.25, 0.3) is 11.1 Å². The number of hydrogen-bond acceptors (Lipinski definition) is 1. The molecule has 1 heterocycles. The molecule has 1 aliphatic carbocycles. The molecule has 3 rings (SSSR count). The lowest BCUT2D eigenvalue weighted by Gasteiger charge is -2.11. The molecule has 80 valence electrons. The molecule has 0 unspecified atom stereocenters. The van der Waals surface area contributed by atoms with Crippen LogP contribution in [0.15, 0.2) is 24.5 Å². The summed E-state index contributed by atoms with van der Waals surface area (Å²) in [5.74, 6) is 0. The Kier molecular flexibility index (Phi) is 1.90. The van der Waals surface area contributed by atoms with Crippen molar-refractivity contribution in [2.24, 2.45) is 0 Å². The molecule has 0 radical (unpaired) electrons. The summed E-state index contributed by atoms with van der Waals surface area (Å²) in [4.78, 5) is 4.22. The zero-order chi connectivity index (χ0) is 11.3. The number of benzene rings is 1. The van der Waals surface area contributed by atoms with E-state index in [2.05, 4.69) is 37.9 Å². The van der Waals surface area contributed by atoms with Crippen LogP contribution in [0.1, 0.15) is 27.8 Å². The minimum absolute atomic E-state index is 1.05. The van der Waals surface area contributed by atoms with Gasteiger partial charge in [-0.1, -0.05) is 6.07 Å². The molecule has 1 heteroatoms. The van der Waals surface area contributed by atoms with Crippen molar-refractivity contribution in [3.05, 3.63) is 52.3 Å². The van der Waals surface area contributed by atoms with Gasteiger partial charge in [-0.15, -0.1) is 0 Å². The maximum absolute atomic E-state index is 4.22. The Morgan fingerprint density at radius 3 is 2.75 bits per heavy atom. The van der Waals surface area contributed by atoms with Crippen molar-refractivity contribution in [3.8, 4) is 11.1 Å². The van der Waals surface area contributed by atoms with E-state index in [9.17, 15) is 0 Å². The quantitative estimate of drug-likeness (QED) is 0.551. The smallest absolute Gasteiger partial charge is 0.0309 e. The number of nitrogens with zero attached hydrogens (tertiary/aromatic N) is 1. The Hall–Kier alpha value is -1.63. The van der Waals surface area contributed by atoms with E-state index in [0.717, 1.165) is 6.42 Å². The summed E-state index contributed by atoms with van der Waals surface area (Å²) in [7, 11) is 0. The normalized spacial score (nSPS) is 12.4. The van der Waals surface area contributed by atoms with Crippen molar-refractivity contribution in [3.63, 3.8) is 0 Å². The zero-order valence-electron chi connectivity index (χ0n) is 9.96. The largest absolute Gasteiger partial charge is 0.264 e. The highest BCUT2D eigenvalue weighted by Gasteiger charge is 2.22. The first-order chi connectivity index (χ1) is 7.68. The predicted molar refractivity (Wildman–Crippen MR) is 66.7 cm³/mol. The molecule has 2 aromatic rings. The molecular weight excluding hydrogens is 194 g/mol. The Bertz CT molecular complexity index is 582. The van der Waals surface area contributed by atoms with Crippen molar-refractivity contribution in [2.75, 3.05) is 0 Å². The number of pyridine rings is 1. The monoisotopic (exact) mass is 209 g/mol. The summed E-state index contributed by atoms with van der Waals surface area (Å²) in [6, 6.07) is 4.44. The maximum Gasteiger partial charge on any atom is 0.0309 e. The number of fused-ring (bicyclic) bond motifs is 3. The third-order valence-corrected chi connectivity index (χ3v) is 3.71. The van der Waals surface area contributed by atoms with Crippen LogP contribution >= 0.6 is 0 Å². The van der Waals surface area contributed by atoms with Gasteiger partial charge in [0.25, 0.3) is 0 Å². The summed E-state index contributed by atoms with van der Waals surface area (Å²) < 4.78 is 0. The van der Waals surface area contributed by atoms with Crippen LogP contribution in [-0.2, 0) is 6.42 Å². The van der Waals surface area contributed by atoms with Gasteiger partial charge in [-0.05, 0) is 65.8 Å². The lowest BCUT2D eigenvalue weighted by molar-refractivity contribution is 1.16. The van der Waals surface area contributed by atoms with Gasteiger partial charge in [0.1, 0.15) is 0 Å². The molecule has 0 N–H and O–H groups in total. The van der Waals surface area contributed by atoms with Gasteiger partial charge in [0.15, 0.2) is 0 Å². The highest BCUT2D eigenvalue weighted by Crippen LogP contribution is 2.40. The zero-order valence-corrected chi connectivity index (χ0v) is 9.96. The van der Waals surface area contributed by atoms with Crippen LogP contribution in [0.4, 0.5) is 0 Å². The van der Waals surface area contributed by atoms with Crippen molar-refractivity contribution in [2.45, 2.75) is 27.2 Å². The number of aromatic nitrogens is 1. The standard InChI is InChI=1S/C15H15N/c1-9-6-10(2)15-13-4-5-16-8-12(13)7-14(15)11(9)3/h4-6,8H,7H2,1-3H3. The second kappa shape index (κ2) is 3.18. The van der Waals surface area contributed by atoms with Crippen LogP contribution in [0.3, 0.4) is 0 Å². The predicted octanol–water partition coefficient (Wildman–Crippen LogP) is 3.58. The first-order valence-corrected chi connectivity index (χ1v) is 5.71. The molecule has 0 fully saturated rings. The van der Waals surface area contributed by atoms with Crippen molar-refractivity contribution >= 4 is 0 Å². The third-order valence-electron chi connectivity index (χ3n) is 3.71. The van der Waals surface area contributed by atoms with Gasteiger partial charge in [0, 0.05) is 18.8 Å². The molecular formula is C15H15N. The Morgan fingerprint density at radius 2 is 1.94 bits per heavy atom. The second-order valence-electron chi connectivity index (χ2n) is 4.70. The highest BCUT2D eigenvalue weighted by atomic mass is 14.6. The fraction of sp³-hybridized carbons (Fsp3) is 0.267. The van der Waals surface area contributed by atoms with E-state index in [4.69, 9.17) is 0 Å². The van der Waals surface area contributed by atoms with E-state index in [1.807, 2.05) is 12.4 Å². The molecule has 1 aliphatic rings. The van der Waals surface area contributed by atoms with E-state index in [1.165, 1.54) is 38.9 Å². The van der Waals surface area contributed by atoms with Crippen molar-refractivity contribution < 1.29 is 0 Å². The van der Waals surface area contributed by atoms with Crippen LogP contribution in [0, 0.1) is 20.8 Å². The summed E-state index contributed by atoms with van der Waals surface area (Å²) in [6.07, 6.45) is 4.94. The fourth-order valence-electron chi connectivity index (χ4n) is 2.77. The van der Waals surface area contributed by atoms with Crippen LogP contribution in [0.2, 0.25) is 0 Å². The van der Waals surface area contributed by atoms with Gasteiger partial charge in [-0.25, -0.2) is 0 Å². The number of aryl methyl sites for hydroxylation is 2. The summed E-state index contributed by atoms with van der Waals surface area (Å²) >= 11 is 0. The number of rotatable bonds is 0. The summed E-state index contributed by atoms with van der Waals surface area (Å²) in [5, 5.41) is 0. The van der Waals surface area contributed by atoms with Gasteiger partial charge in [-0.3, -0.25) is 4.98 Å². The molecule has 1 nitrogen and oxygen atoms in total. The van der Waals surface area contributed by atoms with Gasteiger partial charge in [0.2, 0.25) is 0 Å². The molecule has 0 amide bonds. The van der Waals surface area contributed by atoms with E-state index < -0.39 is 0 Å². The maximum atomic E-state index is 4.22. The average molecular weight is 209 g/mol. The van der Waals surface area contributed by atoms with Crippen LogP contribution in [0.5, 0.6) is 0 Å². The molecule has 0 saturated carbocycles. The fourth-order valence-corrected chi connectivity index (χ4v) is 2.77. The van der Waals surface area contributed by atoms with Crippen LogP contribution < -0.4 is 0 Å². The van der Waals surface area contributed by atoms with E-state index in [1.54, 1.807) is 0 Å². The lowest BCUT2D eigenvalue weighted by Crippen LogP contribution is -1.93. The molecule has 0 spiro atoms. The second-order valence-corrected chi connectivity index (χ2v) is 4.70. The SMILES string of the molecule is Cc1cc(C)c2c(c1C)Cc1cnccc1-2. The van der Waals surface area contributed by atoms with Crippen molar-refractivity contribution in [1.29, 1.82) is 0 Å².